The van der Waals surface area contributed by atoms with E-state index in [0.717, 1.165) is 35.5 Å². The second-order valence-corrected chi connectivity index (χ2v) is 8.46. The van der Waals surface area contributed by atoms with Crippen LogP contribution in [0.2, 0.25) is 0 Å². The number of hydrogen-bond donors (Lipinski definition) is 0. The molecule has 3 aliphatic heterocycles. The largest absolute Gasteiger partial charge is 0.467 e. The number of likely N-dealkylation sites (tertiary alicyclic amines) is 1. The number of rotatable bonds is 4. The van der Waals surface area contributed by atoms with Gasteiger partial charge in [-0.05, 0) is 61.1 Å². The molecule has 0 atom stereocenters. The number of carbonyl (C=O) groups is 1. The van der Waals surface area contributed by atoms with E-state index in [0.29, 0.717) is 52.4 Å². The Morgan fingerprint density at radius 2 is 1.53 bits per heavy atom. The summed E-state index contributed by atoms with van der Waals surface area (Å²) in [5, 5.41) is 0. The fourth-order valence-corrected chi connectivity index (χ4v) is 4.97. The number of piperidine rings is 1. The summed E-state index contributed by atoms with van der Waals surface area (Å²) in [7, 11) is 0. The van der Waals surface area contributed by atoms with Gasteiger partial charge in [0.05, 0.1) is 19.8 Å². The molecule has 32 heavy (non-hydrogen) atoms. The van der Waals surface area contributed by atoms with Crippen LogP contribution in [0.4, 0.5) is 4.79 Å². The fourth-order valence-electron chi connectivity index (χ4n) is 4.97. The number of benzene rings is 2. The summed E-state index contributed by atoms with van der Waals surface area (Å²) in [4.78, 5) is 14.0. The Balaban J connectivity index is 1.45. The Hall–Kier alpha value is -2.77. The Morgan fingerprint density at radius 1 is 0.969 bits per heavy atom. The Labute approximate surface area is 188 Å². The van der Waals surface area contributed by atoms with E-state index in [1.807, 2.05) is 11.8 Å². The van der Waals surface area contributed by atoms with Gasteiger partial charge in [-0.2, -0.15) is 0 Å². The highest BCUT2D eigenvalue weighted by molar-refractivity contribution is 5.67. The van der Waals surface area contributed by atoms with Gasteiger partial charge in [0.2, 0.25) is 0 Å². The highest BCUT2D eigenvalue weighted by Crippen LogP contribution is 2.41. The molecule has 3 heterocycles. The molecule has 0 spiro atoms. The van der Waals surface area contributed by atoms with Crippen molar-refractivity contribution in [3.63, 3.8) is 0 Å². The number of nitrogens with zero attached hydrogens (tertiary/aromatic N) is 1. The lowest BCUT2D eigenvalue weighted by atomic mass is 9.75. The van der Waals surface area contributed by atoms with Crippen molar-refractivity contribution < 1.29 is 28.5 Å². The molecule has 0 aromatic heterocycles. The van der Waals surface area contributed by atoms with Gasteiger partial charge in [-0.1, -0.05) is 12.1 Å². The lowest BCUT2D eigenvalue weighted by molar-refractivity contribution is -0.0164. The van der Waals surface area contributed by atoms with Crippen molar-refractivity contribution in [2.24, 2.45) is 5.92 Å². The van der Waals surface area contributed by atoms with E-state index in [1.54, 1.807) is 0 Å². The summed E-state index contributed by atoms with van der Waals surface area (Å²) in [5.41, 5.74) is 4.63. The number of ether oxygens (including phenoxy) is 5. The van der Waals surface area contributed by atoms with Crippen LogP contribution in [0.5, 0.6) is 11.5 Å². The summed E-state index contributed by atoms with van der Waals surface area (Å²) < 4.78 is 27.5. The van der Waals surface area contributed by atoms with Gasteiger partial charge in [0, 0.05) is 30.1 Å². The molecule has 0 radical (unpaired) electrons. The molecule has 1 fully saturated rings. The molecule has 7 nitrogen and oxygen atoms in total. The quantitative estimate of drug-likeness (QED) is 0.703. The van der Waals surface area contributed by atoms with E-state index in [4.69, 9.17) is 23.7 Å². The topological polar surface area (TPSA) is 66.5 Å². The molecule has 0 saturated carbocycles. The average molecular weight is 440 g/mol. The zero-order valence-electron chi connectivity index (χ0n) is 18.4. The van der Waals surface area contributed by atoms with Gasteiger partial charge < -0.3 is 28.6 Å². The number of carbonyl (C=O) groups excluding carboxylic acids is 1. The van der Waals surface area contributed by atoms with E-state index in [2.05, 4.69) is 36.4 Å². The first-order valence-electron chi connectivity index (χ1n) is 11.3. The maximum absolute atomic E-state index is 12.2. The zero-order chi connectivity index (χ0) is 21.9. The van der Waals surface area contributed by atoms with Crippen molar-refractivity contribution in [1.29, 1.82) is 0 Å². The SMILES string of the molecule is CCOC(=O)N1CCC(C(c2ccc3c(c2)COCO3)c2ccc3c(c2)COCO3)CC1. The average Bonchev–Trinajstić information content (AvgIpc) is 2.84. The van der Waals surface area contributed by atoms with Crippen molar-refractivity contribution in [1.82, 2.24) is 4.90 Å². The van der Waals surface area contributed by atoms with Crippen LogP contribution in [0.25, 0.3) is 0 Å². The number of fused-ring (bicyclic) bond motifs is 2. The third-order valence-electron chi connectivity index (χ3n) is 6.54. The van der Waals surface area contributed by atoms with Crippen LogP contribution in [-0.4, -0.2) is 44.3 Å². The number of hydrogen-bond acceptors (Lipinski definition) is 6. The summed E-state index contributed by atoms with van der Waals surface area (Å²) in [6, 6.07) is 12.9. The minimum atomic E-state index is -0.214. The number of amides is 1. The van der Waals surface area contributed by atoms with Gasteiger partial charge in [0.25, 0.3) is 0 Å². The lowest BCUT2D eigenvalue weighted by Gasteiger charge is -2.36. The van der Waals surface area contributed by atoms with Crippen molar-refractivity contribution in [2.75, 3.05) is 33.3 Å². The second kappa shape index (κ2) is 9.38. The molecule has 170 valence electrons. The first-order valence-corrected chi connectivity index (χ1v) is 11.3. The maximum Gasteiger partial charge on any atom is 0.409 e. The molecule has 0 bridgehead atoms. The predicted molar refractivity (Wildman–Crippen MR) is 117 cm³/mol. The first-order chi connectivity index (χ1) is 15.7. The minimum absolute atomic E-state index is 0.193. The van der Waals surface area contributed by atoms with Crippen molar-refractivity contribution >= 4 is 6.09 Å². The summed E-state index contributed by atoms with van der Waals surface area (Å²) in [6.45, 7) is 5.36. The molecule has 0 aliphatic carbocycles. The van der Waals surface area contributed by atoms with Crippen LogP contribution in [0, 0.1) is 5.92 Å². The third-order valence-corrected chi connectivity index (χ3v) is 6.54. The van der Waals surface area contributed by atoms with E-state index >= 15 is 0 Å². The second-order valence-electron chi connectivity index (χ2n) is 8.46. The van der Waals surface area contributed by atoms with Crippen LogP contribution in [0.1, 0.15) is 47.9 Å². The van der Waals surface area contributed by atoms with Crippen LogP contribution < -0.4 is 9.47 Å². The summed E-state index contributed by atoms with van der Waals surface area (Å²) in [5.74, 6) is 2.37. The Bertz CT molecular complexity index is 909. The minimum Gasteiger partial charge on any atom is -0.467 e. The van der Waals surface area contributed by atoms with E-state index in [1.165, 1.54) is 11.1 Å². The van der Waals surface area contributed by atoms with Gasteiger partial charge in [0.1, 0.15) is 11.5 Å². The molecule has 1 amide bonds. The van der Waals surface area contributed by atoms with Crippen molar-refractivity contribution in [2.45, 2.75) is 38.9 Å². The standard InChI is InChI=1S/C25H29NO6/c1-2-30-25(27)26-9-7-17(8-10-26)24(18-3-5-22-20(11-18)13-28-15-31-22)19-4-6-23-21(12-19)14-29-16-32-23/h3-6,11-12,17,24H,2,7-10,13-16H2,1H3. The lowest BCUT2D eigenvalue weighted by Crippen LogP contribution is -2.40. The van der Waals surface area contributed by atoms with E-state index in [-0.39, 0.29) is 12.0 Å². The van der Waals surface area contributed by atoms with Crippen LogP contribution in [0.15, 0.2) is 36.4 Å². The summed E-state index contributed by atoms with van der Waals surface area (Å²) in [6.07, 6.45) is 1.61. The molecule has 0 unspecified atom stereocenters. The van der Waals surface area contributed by atoms with Crippen LogP contribution in [0.3, 0.4) is 0 Å². The smallest absolute Gasteiger partial charge is 0.409 e. The highest BCUT2D eigenvalue weighted by Gasteiger charge is 2.32. The molecule has 2 aromatic carbocycles. The van der Waals surface area contributed by atoms with Gasteiger partial charge in [-0.3, -0.25) is 0 Å². The van der Waals surface area contributed by atoms with Crippen molar-refractivity contribution in [3.8, 4) is 11.5 Å². The zero-order valence-corrected chi connectivity index (χ0v) is 18.4. The monoisotopic (exact) mass is 439 g/mol. The van der Waals surface area contributed by atoms with E-state index in [9.17, 15) is 4.79 Å². The molecule has 3 aliphatic rings. The predicted octanol–water partition coefficient (Wildman–Crippen LogP) is 4.42. The molecule has 5 rings (SSSR count). The molecular weight excluding hydrogens is 410 g/mol. The molecule has 0 N–H and O–H groups in total. The molecule has 7 heteroatoms. The molecule has 1 saturated heterocycles. The Kier molecular flexibility index (Phi) is 6.19. The van der Waals surface area contributed by atoms with E-state index < -0.39 is 0 Å². The van der Waals surface area contributed by atoms with Crippen LogP contribution >= 0.6 is 0 Å². The van der Waals surface area contributed by atoms with Gasteiger partial charge >= 0.3 is 6.09 Å². The first kappa shape index (κ1) is 21.1. The normalized spacial score (nSPS) is 18.4. The Morgan fingerprint density at radius 3 is 2.06 bits per heavy atom. The highest BCUT2D eigenvalue weighted by atomic mass is 16.7. The van der Waals surface area contributed by atoms with Gasteiger partial charge in [-0.25, -0.2) is 4.79 Å². The van der Waals surface area contributed by atoms with Crippen molar-refractivity contribution in [3.05, 3.63) is 58.7 Å². The van der Waals surface area contributed by atoms with Gasteiger partial charge in [0.15, 0.2) is 13.6 Å². The maximum atomic E-state index is 12.2. The van der Waals surface area contributed by atoms with Gasteiger partial charge in [-0.15, -0.1) is 0 Å². The fraction of sp³-hybridized carbons (Fsp3) is 0.480. The van der Waals surface area contributed by atoms with Crippen LogP contribution in [-0.2, 0) is 27.4 Å². The molecular formula is C25H29NO6. The molecule has 2 aromatic rings. The summed E-state index contributed by atoms with van der Waals surface area (Å²) >= 11 is 0. The third kappa shape index (κ3) is 4.27.